The van der Waals surface area contributed by atoms with Crippen molar-refractivity contribution in [2.45, 2.75) is 6.10 Å². The molecule has 1 unspecified atom stereocenters. The second kappa shape index (κ2) is 6.05. The van der Waals surface area contributed by atoms with Gasteiger partial charge < -0.3 is 15.2 Å². The molecule has 15 heavy (non-hydrogen) atoms. The molecule has 0 saturated heterocycles. The second-order valence-corrected chi connectivity index (χ2v) is 3.97. The van der Waals surface area contributed by atoms with E-state index in [1.54, 1.807) is 6.07 Å². The molecule has 1 aromatic rings. The lowest BCUT2D eigenvalue weighted by atomic mass is 10.3. The minimum absolute atomic E-state index is 0.270. The van der Waals surface area contributed by atoms with Gasteiger partial charge in [-0.25, -0.2) is 4.39 Å². The highest BCUT2D eigenvalue weighted by molar-refractivity contribution is 9.10. The zero-order chi connectivity index (χ0) is 11.3. The number of hydrogen-bond acceptors (Lipinski definition) is 3. The Morgan fingerprint density at radius 2 is 2.33 bits per heavy atom. The second-order valence-electron chi connectivity index (χ2n) is 3.11. The molecule has 0 radical (unpaired) electrons. The molecule has 0 bridgehead atoms. The van der Waals surface area contributed by atoms with Gasteiger partial charge in [0.05, 0.1) is 12.7 Å². The minimum Gasteiger partial charge on any atom is -0.389 e. The van der Waals surface area contributed by atoms with Crippen LogP contribution in [0.5, 0.6) is 0 Å². The number of methoxy groups -OCH3 is 1. The lowest BCUT2D eigenvalue weighted by Crippen LogP contribution is -2.24. The first-order valence-electron chi connectivity index (χ1n) is 4.49. The van der Waals surface area contributed by atoms with Gasteiger partial charge in [-0.1, -0.05) is 0 Å². The average molecular weight is 278 g/mol. The number of aliphatic hydroxyl groups is 1. The molecule has 0 aliphatic rings. The molecule has 5 heteroatoms. The maximum absolute atomic E-state index is 12.7. The van der Waals surface area contributed by atoms with Crippen LogP contribution in [0.15, 0.2) is 22.7 Å². The predicted molar refractivity (Wildman–Crippen MR) is 60.5 cm³/mol. The third-order valence-corrected chi connectivity index (χ3v) is 2.47. The van der Waals surface area contributed by atoms with Crippen LogP contribution in [-0.4, -0.2) is 31.5 Å². The summed E-state index contributed by atoms with van der Waals surface area (Å²) in [5.74, 6) is -0.301. The number of halogens is 2. The summed E-state index contributed by atoms with van der Waals surface area (Å²) in [5.41, 5.74) is 0.742. The molecule has 0 aliphatic heterocycles. The molecule has 2 N–H and O–H groups in total. The van der Waals surface area contributed by atoms with Gasteiger partial charge in [-0.3, -0.25) is 0 Å². The van der Waals surface area contributed by atoms with Crippen LogP contribution in [0.1, 0.15) is 0 Å². The Morgan fingerprint density at radius 3 is 2.93 bits per heavy atom. The summed E-state index contributed by atoms with van der Waals surface area (Å²) in [5, 5.41) is 12.4. The van der Waals surface area contributed by atoms with E-state index in [1.807, 2.05) is 0 Å². The quantitative estimate of drug-likeness (QED) is 0.865. The number of ether oxygens (including phenoxy) is 1. The van der Waals surface area contributed by atoms with E-state index < -0.39 is 6.10 Å². The molecular formula is C10H13BrFNO2. The van der Waals surface area contributed by atoms with Crippen molar-refractivity contribution in [2.24, 2.45) is 0 Å². The minimum atomic E-state index is -0.577. The SMILES string of the molecule is COCC(O)CNc1ccc(F)cc1Br. The fraction of sp³-hybridized carbons (Fsp3) is 0.400. The first-order valence-corrected chi connectivity index (χ1v) is 5.28. The van der Waals surface area contributed by atoms with E-state index in [1.165, 1.54) is 19.2 Å². The van der Waals surface area contributed by atoms with Gasteiger partial charge in [-0.15, -0.1) is 0 Å². The average Bonchev–Trinajstić information content (AvgIpc) is 2.17. The zero-order valence-corrected chi connectivity index (χ0v) is 9.92. The van der Waals surface area contributed by atoms with Gasteiger partial charge in [-0.05, 0) is 34.1 Å². The molecule has 0 heterocycles. The molecule has 0 aromatic heterocycles. The van der Waals surface area contributed by atoms with Crippen molar-refractivity contribution in [3.63, 3.8) is 0 Å². The molecule has 3 nitrogen and oxygen atoms in total. The van der Waals surface area contributed by atoms with E-state index in [2.05, 4.69) is 21.2 Å². The molecule has 1 rings (SSSR count). The lowest BCUT2D eigenvalue weighted by molar-refractivity contribution is 0.0727. The summed E-state index contributed by atoms with van der Waals surface area (Å²) in [6.45, 7) is 0.629. The van der Waals surface area contributed by atoms with Crippen molar-refractivity contribution < 1.29 is 14.2 Å². The van der Waals surface area contributed by atoms with Crippen molar-refractivity contribution in [3.05, 3.63) is 28.5 Å². The van der Waals surface area contributed by atoms with Gasteiger partial charge in [-0.2, -0.15) is 0 Å². The first kappa shape index (κ1) is 12.4. The van der Waals surface area contributed by atoms with E-state index in [0.717, 1.165) is 5.69 Å². The van der Waals surface area contributed by atoms with Gasteiger partial charge in [0.25, 0.3) is 0 Å². The molecule has 0 aliphatic carbocycles. The van der Waals surface area contributed by atoms with E-state index in [0.29, 0.717) is 11.0 Å². The summed E-state index contributed by atoms with van der Waals surface area (Å²) < 4.78 is 18.2. The number of anilines is 1. The Kier molecular flexibility index (Phi) is 5.01. The van der Waals surface area contributed by atoms with Crippen LogP contribution in [-0.2, 0) is 4.74 Å². The van der Waals surface area contributed by atoms with Crippen molar-refractivity contribution in [2.75, 3.05) is 25.6 Å². The topological polar surface area (TPSA) is 41.5 Å². The fourth-order valence-corrected chi connectivity index (χ4v) is 1.60. The van der Waals surface area contributed by atoms with E-state index in [-0.39, 0.29) is 12.4 Å². The van der Waals surface area contributed by atoms with Crippen LogP contribution < -0.4 is 5.32 Å². The van der Waals surface area contributed by atoms with Gasteiger partial charge in [0.2, 0.25) is 0 Å². The third-order valence-electron chi connectivity index (χ3n) is 1.82. The van der Waals surface area contributed by atoms with Crippen molar-refractivity contribution in [1.29, 1.82) is 0 Å². The number of rotatable bonds is 5. The van der Waals surface area contributed by atoms with E-state index >= 15 is 0 Å². The maximum atomic E-state index is 12.7. The molecular weight excluding hydrogens is 265 g/mol. The molecule has 1 aromatic carbocycles. The maximum Gasteiger partial charge on any atom is 0.124 e. The van der Waals surface area contributed by atoms with Crippen LogP contribution in [0.4, 0.5) is 10.1 Å². The number of nitrogens with one attached hydrogen (secondary N) is 1. The van der Waals surface area contributed by atoms with Crippen molar-refractivity contribution in [1.82, 2.24) is 0 Å². The summed E-state index contributed by atoms with van der Waals surface area (Å²) in [6, 6.07) is 4.33. The number of benzene rings is 1. The summed E-state index contributed by atoms with van der Waals surface area (Å²) in [7, 11) is 1.52. The Labute approximate surface area is 96.4 Å². The number of hydrogen-bond donors (Lipinski definition) is 2. The van der Waals surface area contributed by atoms with E-state index in [9.17, 15) is 9.50 Å². The molecule has 1 atom stereocenters. The third kappa shape index (κ3) is 4.15. The normalized spacial score (nSPS) is 12.5. The largest absolute Gasteiger partial charge is 0.389 e. The predicted octanol–water partition coefficient (Wildman–Crippen LogP) is 2.01. The summed E-state index contributed by atoms with van der Waals surface area (Å²) in [6.07, 6.45) is -0.577. The Morgan fingerprint density at radius 1 is 1.60 bits per heavy atom. The summed E-state index contributed by atoms with van der Waals surface area (Å²) >= 11 is 3.22. The van der Waals surface area contributed by atoms with Crippen LogP contribution in [0.2, 0.25) is 0 Å². The van der Waals surface area contributed by atoms with Crippen molar-refractivity contribution in [3.8, 4) is 0 Å². The lowest BCUT2D eigenvalue weighted by Gasteiger charge is -2.12. The van der Waals surface area contributed by atoms with Crippen molar-refractivity contribution >= 4 is 21.6 Å². The molecule has 84 valence electrons. The Bertz CT molecular complexity index is 322. The molecule has 0 fully saturated rings. The Hall–Kier alpha value is -0.650. The number of aliphatic hydroxyl groups excluding tert-OH is 1. The van der Waals surface area contributed by atoms with Crippen LogP contribution >= 0.6 is 15.9 Å². The zero-order valence-electron chi connectivity index (χ0n) is 8.34. The molecule has 0 amide bonds. The highest BCUT2D eigenvalue weighted by atomic mass is 79.9. The standard InChI is InChI=1S/C10H13BrFNO2/c1-15-6-8(14)5-13-10-3-2-7(12)4-9(10)11/h2-4,8,13-14H,5-6H2,1H3. The first-order chi connectivity index (χ1) is 7.13. The smallest absolute Gasteiger partial charge is 0.124 e. The van der Waals surface area contributed by atoms with Crippen LogP contribution in [0, 0.1) is 5.82 Å². The summed E-state index contributed by atoms with van der Waals surface area (Å²) in [4.78, 5) is 0. The monoisotopic (exact) mass is 277 g/mol. The molecule has 0 saturated carbocycles. The van der Waals surface area contributed by atoms with Crippen LogP contribution in [0.3, 0.4) is 0 Å². The van der Waals surface area contributed by atoms with Gasteiger partial charge in [0.15, 0.2) is 0 Å². The van der Waals surface area contributed by atoms with Gasteiger partial charge >= 0.3 is 0 Å². The highest BCUT2D eigenvalue weighted by Crippen LogP contribution is 2.22. The van der Waals surface area contributed by atoms with Crippen LogP contribution in [0.25, 0.3) is 0 Å². The molecule has 0 spiro atoms. The van der Waals surface area contributed by atoms with Gasteiger partial charge in [0.1, 0.15) is 5.82 Å². The highest BCUT2D eigenvalue weighted by Gasteiger charge is 2.05. The fourth-order valence-electron chi connectivity index (χ4n) is 1.11. The van der Waals surface area contributed by atoms with Gasteiger partial charge in [0, 0.05) is 23.8 Å². The van der Waals surface area contributed by atoms with E-state index in [4.69, 9.17) is 4.74 Å². The Balaban J connectivity index is 2.50.